The van der Waals surface area contributed by atoms with Crippen LogP contribution in [-0.2, 0) is 14.3 Å². The Bertz CT molecular complexity index is 395. The zero-order valence-corrected chi connectivity index (χ0v) is 11.9. The molecule has 4 saturated carbocycles. The van der Waals surface area contributed by atoms with E-state index in [9.17, 15) is 9.59 Å². The minimum absolute atomic E-state index is 0.128. The van der Waals surface area contributed by atoms with Crippen molar-refractivity contribution in [2.24, 2.45) is 23.0 Å². The van der Waals surface area contributed by atoms with Crippen molar-refractivity contribution < 1.29 is 14.3 Å². The van der Waals surface area contributed by atoms with Gasteiger partial charge in [-0.2, -0.15) is 0 Å². The number of hydrogen-bond acceptors (Lipinski definition) is 3. The number of ether oxygens (including phenoxy) is 1. The van der Waals surface area contributed by atoms with Gasteiger partial charge in [0.2, 0.25) is 0 Å². The quantitative estimate of drug-likeness (QED) is 0.637. The van der Waals surface area contributed by atoms with Gasteiger partial charge in [-0.15, -0.1) is 0 Å². The molecule has 0 aromatic heterocycles. The summed E-state index contributed by atoms with van der Waals surface area (Å²) in [6, 6.07) is 0. The summed E-state index contributed by atoms with van der Waals surface area (Å²) in [7, 11) is 0. The molecule has 0 saturated heterocycles. The van der Waals surface area contributed by atoms with E-state index in [2.05, 4.69) is 15.9 Å². The first-order valence-electron chi connectivity index (χ1n) is 6.55. The molecule has 4 nitrogen and oxygen atoms in total. The van der Waals surface area contributed by atoms with E-state index in [0.29, 0.717) is 11.8 Å². The number of nitrogens with two attached hydrogens (primary N) is 1. The molecule has 0 spiro atoms. The molecule has 5 heteroatoms. The van der Waals surface area contributed by atoms with E-state index >= 15 is 0 Å². The van der Waals surface area contributed by atoms with Gasteiger partial charge >= 0.3 is 5.97 Å². The van der Waals surface area contributed by atoms with Gasteiger partial charge in [0.1, 0.15) is 0 Å². The van der Waals surface area contributed by atoms with Gasteiger partial charge in [-0.3, -0.25) is 9.59 Å². The van der Waals surface area contributed by atoms with E-state index in [0.717, 1.165) is 19.3 Å². The summed E-state index contributed by atoms with van der Waals surface area (Å²) in [5.74, 6) is 0.472. The van der Waals surface area contributed by atoms with Crippen LogP contribution in [0.1, 0.15) is 38.5 Å². The Morgan fingerprint density at radius 1 is 1.22 bits per heavy atom. The number of rotatable bonds is 3. The Hall–Kier alpha value is -0.580. The SMILES string of the molecule is NC(=O)COC(=O)C12C[C@@H]3C[C@@H](CC(Br)(C3)C1)C2. The largest absolute Gasteiger partial charge is 0.455 e. The minimum atomic E-state index is -0.582. The standard InChI is InChI=1S/C13H18BrNO3/c14-13-4-8-1-9(5-13)3-12(2-8,7-13)11(17)18-6-10(15)16/h8-9H,1-7H2,(H2,15,16)/t8-,9+,12?,13?. The highest BCUT2D eigenvalue weighted by atomic mass is 79.9. The lowest BCUT2D eigenvalue weighted by Gasteiger charge is -2.58. The van der Waals surface area contributed by atoms with E-state index in [1.54, 1.807) is 0 Å². The van der Waals surface area contributed by atoms with Crippen molar-refractivity contribution >= 4 is 27.8 Å². The molecule has 100 valence electrons. The number of halogens is 1. The lowest BCUT2D eigenvalue weighted by Crippen LogP contribution is -2.56. The molecule has 4 rings (SSSR count). The average molecular weight is 316 g/mol. The van der Waals surface area contributed by atoms with Crippen LogP contribution in [0.15, 0.2) is 0 Å². The second-order valence-electron chi connectivity index (χ2n) is 6.43. The molecular weight excluding hydrogens is 298 g/mol. The van der Waals surface area contributed by atoms with Gasteiger partial charge < -0.3 is 10.5 Å². The minimum Gasteiger partial charge on any atom is -0.455 e. The number of hydrogen-bond donors (Lipinski definition) is 1. The third kappa shape index (κ3) is 1.96. The molecule has 0 aliphatic heterocycles. The molecule has 0 aromatic carbocycles. The van der Waals surface area contributed by atoms with Crippen LogP contribution in [0.5, 0.6) is 0 Å². The maximum absolute atomic E-state index is 12.3. The zero-order valence-electron chi connectivity index (χ0n) is 10.3. The van der Waals surface area contributed by atoms with Crippen LogP contribution in [0.3, 0.4) is 0 Å². The van der Waals surface area contributed by atoms with Crippen LogP contribution in [-0.4, -0.2) is 22.8 Å². The summed E-state index contributed by atoms with van der Waals surface area (Å²) < 4.78 is 5.23. The predicted molar refractivity (Wildman–Crippen MR) is 68.9 cm³/mol. The summed E-state index contributed by atoms with van der Waals surface area (Å²) in [6.45, 7) is -0.287. The molecule has 2 N–H and O–H groups in total. The van der Waals surface area contributed by atoms with Crippen LogP contribution in [0.25, 0.3) is 0 Å². The fourth-order valence-corrected chi connectivity index (χ4v) is 6.13. The van der Waals surface area contributed by atoms with Crippen molar-refractivity contribution in [1.29, 1.82) is 0 Å². The molecule has 2 unspecified atom stereocenters. The molecule has 0 aromatic rings. The van der Waals surface area contributed by atoms with Gasteiger partial charge in [0.15, 0.2) is 6.61 Å². The van der Waals surface area contributed by atoms with Crippen molar-refractivity contribution in [2.75, 3.05) is 6.61 Å². The van der Waals surface area contributed by atoms with Crippen molar-refractivity contribution in [2.45, 2.75) is 42.8 Å². The fourth-order valence-electron chi connectivity index (χ4n) is 4.68. The topological polar surface area (TPSA) is 69.4 Å². The summed E-state index contributed by atoms with van der Waals surface area (Å²) in [5.41, 5.74) is 4.67. The van der Waals surface area contributed by atoms with Crippen LogP contribution >= 0.6 is 15.9 Å². The number of primary amides is 1. The number of amides is 1. The van der Waals surface area contributed by atoms with Crippen LogP contribution in [0.4, 0.5) is 0 Å². The molecule has 0 radical (unpaired) electrons. The van der Waals surface area contributed by atoms with Gasteiger partial charge in [0.25, 0.3) is 5.91 Å². The Kier molecular flexibility index (Phi) is 2.74. The van der Waals surface area contributed by atoms with E-state index in [-0.39, 0.29) is 22.3 Å². The molecule has 4 fully saturated rings. The van der Waals surface area contributed by atoms with Crippen LogP contribution in [0.2, 0.25) is 0 Å². The summed E-state index contributed by atoms with van der Waals surface area (Å²) in [4.78, 5) is 23.0. The zero-order chi connectivity index (χ0) is 13.0. The molecule has 4 atom stereocenters. The van der Waals surface area contributed by atoms with Crippen molar-refractivity contribution in [3.8, 4) is 0 Å². The molecule has 4 aliphatic carbocycles. The van der Waals surface area contributed by atoms with Crippen molar-refractivity contribution in [1.82, 2.24) is 0 Å². The summed E-state index contributed by atoms with van der Waals surface area (Å²) in [5, 5.41) is 0. The highest BCUT2D eigenvalue weighted by Gasteiger charge is 2.60. The van der Waals surface area contributed by atoms with E-state index in [1.807, 2.05) is 0 Å². The van der Waals surface area contributed by atoms with Gasteiger partial charge in [-0.05, 0) is 50.4 Å². The lowest BCUT2D eigenvalue weighted by molar-refractivity contribution is -0.170. The van der Waals surface area contributed by atoms with E-state index in [4.69, 9.17) is 10.5 Å². The van der Waals surface area contributed by atoms with E-state index < -0.39 is 5.91 Å². The second kappa shape index (κ2) is 3.95. The lowest BCUT2D eigenvalue weighted by atomic mass is 9.49. The smallest absolute Gasteiger partial charge is 0.312 e. The normalized spacial score (nSPS) is 44.9. The van der Waals surface area contributed by atoms with Gasteiger partial charge in [0, 0.05) is 4.32 Å². The molecule has 18 heavy (non-hydrogen) atoms. The monoisotopic (exact) mass is 315 g/mol. The van der Waals surface area contributed by atoms with Crippen molar-refractivity contribution in [3.05, 3.63) is 0 Å². The van der Waals surface area contributed by atoms with Gasteiger partial charge in [-0.1, -0.05) is 15.9 Å². The number of alkyl halides is 1. The van der Waals surface area contributed by atoms with E-state index in [1.165, 1.54) is 19.3 Å². The fraction of sp³-hybridized carbons (Fsp3) is 0.846. The van der Waals surface area contributed by atoms with Crippen LogP contribution in [0, 0.1) is 17.3 Å². The van der Waals surface area contributed by atoms with Gasteiger partial charge in [0.05, 0.1) is 5.41 Å². The second-order valence-corrected chi connectivity index (χ2v) is 8.12. The average Bonchev–Trinajstić information content (AvgIpc) is 2.22. The Balaban J connectivity index is 1.78. The Labute approximate surface area is 115 Å². The predicted octanol–water partition coefficient (Wildman–Crippen LogP) is 1.75. The molecule has 4 aliphatic rings. The Morgan fingerprint density at radius 2 is 1.83 bits per heavy atom. The molecule has 4 bridgehead atoms. The third-order valence-corrected chi connectivity index (χ3v) is 5.70. The Morgan fingerprint density at radius 3 is 2.33 bits per heavy atom. The van der Waals surface area contributed by atoms with Gasteiger partial charge in [-0.25, -0.2) is 0 Å². The van der Waals surface area contributed by atoms with Crippen molar-refractivity contribution in [3.63, 3.8) is 0 Å². The third-order valence-electron chi connectivity index (χ3n) is 4.77. The maximum Gasteiger partial charge on any atom is 0.312 e. The molecule has 0 heterocycles. The summed E-state index contributed by atoms with van der Waals surface area (Å²) in [6.07, 6.45) is 6.30. The number of carbonyl (C=O) groups excluding carboxylic acids is 2. The van der Waals surface area contributed by atoms with Crippen LogP contribution < -0.4 is 5.73 Å². The highest BCUT2D eigenvalue weighted by molar-refractivity contribution is 9.10. The highest BCUT2D eigenvalue weighted by Crippen LogP contribution is 2.64. The maximum atomic E-state index is 12.3. The summed E-state index contributed by atoms with van der Waals surface area (Å²) >= 11 is 3.84. The number of esters is 1. The number of carbonyl (C=O) groups is 2. The first-order chi connectivity index (χ1) is 8.41. The first-order valence-corrected chi connectivity index (χ1v) is 7.35. The molecule has 1 amide bonds. The molecular formula is C13H18BrNO3. The first kappa shape index (κ1) is 12.5.